The molecule has 0 atom stereocenters. The highest BCUT2D eigenvalue weighted by Crippen LogP contribution is 2.21. The van der Waals surface area contributed by atoms with E-state index in [1.165, 1.54) is 4.31 Å². The maximum atomic E-state index is 12.7. The van der Waals surface area contributed by atoms with E-state index in [1.54, 1.807) is 42.6 Å². The largest absolute Gasteiger partial charge is 0.379 e. The molecule has 2 aliphatic rings. The second kappa shape index (κ2) is 11.1. The summed E-state index contributed by atoms with van der Waals surface area (Å²) in [7, 11) is -3.52. The van der Waals surface area contributed by atoms with Crippen LogP contribution in [0, 0.1) is 5.92 Å². The van der Waals surface area contributed by atoms with Gasteiger partial charge in [-0.15, -0.1) is 0 Å². The number of carbonyl (C=O) groups excluding carboxylic acids is 2. The number of pyridine rings is 1. The molecule has 2 aromatic rings. The molecule has 2 aliphatic heterocycles. The molecule has 1 N–H and O–H groups in total. The molecule has 0 saturated carbocycles. The molecule has 4 rings (SSSR count). The topological polar surface area (TPSA) is 109 Å². The first-order valence-electron chi connectivity index (χ1n) is 11.6. The van der Waals surface area contributed by atoms with Crippen LogP contribution in [0.15, 0.2) is 53.6 Å². The fourth-order valence-electron chi connectivity index (χ4n) is 4.23. The van der Waals surface area contributed by atoms with Gasteiger partial charge in [-0.25, -0.2) is 13.4 Å². The molecule has 34 heavy (non-hydrogen) atoms. The normalized spacial score (nSPS) is 17.9. The van der Waals surface area contributed by atoms with Gasteiger partial charge in [0.25, 0.3) is 0 Å². The number of piperidine rings is 1. The lowest BCUT2D eigenvalue weighted by Gasteiger charge is -2.31. The number of carbonyl (C=O) groups is 2. The average Bonchev–Trinajstić information content (AvgIpc) is 2.88. The number of hydrogen-bond donors (Lipinski definition) is 1. The minimum Gasteiger partial charge on any atom is -0.379 e. The number of ether oxygens (including phenoxy) is 1. The van der Waals surface area contributed by atoms with Gasteiger partial charge in [-0.2, -0.15) is 4.31 Å². The van der Waals surface area contributed by atoms with Crippen LogP contribution in [0.3, 0.4) is 0 Å². The second-order valence-corrected chi connectivity index (χ2v) is 10.5. The van der Waals surface area contributed by atoms with Crippen LogP contribution >= 0.6 is 0 Å². The summed E-state index contributed by atoms with van der Waals surface area (Å²) in [5.74, 6) is 0.397. The maximum Gasteiger partial charge on any atom is 0.243 e. The van der Waals surface area contributed by atoms with Crippen molar-refractivity contribution in [1.29, 1.82) is 0 Å². The Kier molecular flexibility index (Phi) is 7.91. The van der Waals surface area contributed by atoms with Gasteiger partial charge in [-0.1, -0.05) is 18.2 Å². The Morgan fingerprint density at radius 2 is 1.71 bits per heavy atom. The summed E-state index contributed by atoms with van der Waals surface area (Å²) in [6, 6.07) is 12.1. The molecule has 0 bridgehead atoms. The van der Waals surface area contributed by atoms with E-state index in [1.807, 2.05) is 11.0 Å². The van der Waals surface area contributed by atoms with Gasteiger partial charge in [0.05, 0.1) is 18.1 Å². The van der Waals surface area contributed by atoms with Gasteiger partial charge in [0.2, 0.25) is 21.8 Å². The van der Waals surface area contributed by atoms with Crippen LogP contribution in [0.2, 0.25) is 0 Å². The third kappa shape index (κ3) is 5.99. The minimum absolute atomic E-state index is 0.0496. The van der Waals surface area contributed by atoms with Crippen molar-refractivity contribution in [1.82, 2.24) is 14.2 Å². The highest BCUT2D eigenvalue weighted by atomic mass is 32.2. The number of sulfonamides is 1. The van der Waals surface area contributed by atoms with Gasteiger partial charge in [0.1, 0.15) is 5.82 Å². The molecule has 2 fully saturated rings. The van der Waals surface area contributed by atoms with Crippen LogP contribution in [0.25, 0.3) is 0 Å². The quantitative estimate of drug-likeness (QED) is 0.641. The number of amides is 2. The predicted octanol–water partition coefficient (Wildman–Crippen LogP) is 1.91. The number of nitrogens with one attached hydrogen (secondary N) is 1. The third-order valence-corrected chi connectivity index (χ3v) is 8.21. The SMILES string of the molecule is O=C(Nc1ccccn1)C1CCN(C(=O)CCc2ccc(S(=O)(=O)N3CCOCC3)cc2)CC1. The van der Waals surface area contributed by atoms with Gasteiger partial charge < -0.3 is 15.0 Å². The molecule has 182 valence electrons. The number of morpholine rings is 1. The fourth-order valence-corrected chi connectivity index (χ4v) is 5.64. The summed E-state index contributed by atoms with van der Waals surface area (Å²) in [4.78, 5) is 31.3. The van der Waals surface area contributed by atoms with Gasteiger partial charge in [0.15, 0.2) is 0 Å². The van der Waals surface area contributed by atoms with Crippen LogP contribution in [0.4, 0.5) is 5.82 Å². The molecule has 1 aromatic heterocycles. The number of aryl methyl sites for hydroxylation is 1. The van der Waals surface area contributed by atoms with Crippen molar-refractivity contribution in [2.75, 3.05) is 44.7 Å². The predicted molar refractivity (Wildman–Crippen MR) is 127 cm³/mol. The van der Waals surface area contributed by atoms with Crippen molar-refractivity contribution in [2.24, 2.45) is 5.92 Å². The van der Waals surface area contributed by atoms with Crippen molar-refractivity contribution in [3.8, 4) is 0 Å². The van der Waals surface area contributed by atoms with Gasteiger partial charge in [-0.3, -0.25) is 9.59 Å². The number of benzene rings is 1. The van der Waals surface area contributed by atoms with E-state index in [4.69, 9.17) is 4.74 Å². The lowest BCUT2D eigenvalue weighted by molar-refractivity contribution is -0.134. The first-order chi connectivity index (χ1) is 16.4. The van der Waals surface area contributed by atoms with Gasteiger partial charge in [0, 0.05) is 44.7 Å². The van der Waals surface area contributed by atoms with E-state index in [-0.39, 0.29) is 22.6 Å². The first-order valence-corrected chi connectivity index (χ1v) is 13.0. The van der Waals surface area contributed by atoms with Crippen molar-refractivity contribution in [3.63, 3.8) is 0 Å². The Bertz CT molecular complexity index is 1080. The summed E-state index contributed by atoms with van der Waals surface area (Å²) in [6.45, 7) is 2.64. The Morgan fingerprint density at radius 3 is 2.35 bits per heavy atom. The highest BCUT2D eigenvalue weighted by Gasteiger charge is 2.28. The number of likely N-dealkylation sites (tertiary alicyclic amines) is 1. The smallest absolute Gasteiger partial charge is 0.243 e. The van der Waals surface area contributed by atoms with E-state index in [2.05, 4.69) is 10.3 Å². The summed E-state index contributed by atoms with van der Waals surface area (Å²) in [5.41, 5.74) is 0.916. The Balaban J connectivity index is 1.23. The summed E-state index contributed by atoms with van der Waals surface area (Å²) in [6.07, 6.45) is 3.77. The zero-order valence-corrected chi connectivity index (χ0v) is 19.9. The molecule has 0 spiro atoms. The number of anilines is 1. The molecule has 0 aliphatic carbocycles. The number of aromatic nitrogens is 1. The van der Waals surface area contributed by atoms with Crippen molar-refractivity contribution in [2.45, 2.75) is 30.6 Å². The molecule has 1 aromatic carbocycles. The Morgan fingerprint density at radius 1 is 1.00 bits per heavy atom. The van der Waals surface area contributed by atoms with Crippen LogP contribution < -0.4 is 5.32 Å². The van der Waals surface area contributed by atoms with Crippen LogP contribution in [0.1, 0.15) is 24.8 Å². The maximum absolute atomic E-state index is 12.7. The van der Waals surface area contributed by atoms with Crippen molar-refractivity contribution in [3.05, 3.63) is 54.2 Å². The zero-order valence-electron chi connectivity index (χ0n) is 19.1. The van der Waals surface area contributed by atoms with Crippen LogP contribution in [0.5, 0.6) is 0 Å². The summed E-state index contributed by atoms with van der Waals surface area (Å²) < 4.78 is 32.1. The molecule has 2 amide bonds. The molecular weight excluding hydrogens is 456 g/mol. The standard InChI is InChI=1S/C24H30N4O5S/c29-23(27-13-10-20(11-14-27)24(30)26-22-3-1-2-12-25-22)9-6-19-4-7-21(8-5-19)34(31,32)28-15-17-33-18-16-28/h1-5,7-8,12,20H,6,9-11,13-18H2,(H,25,26,30). The van der Waals surface area contributed by atoms with Crippen molar-refractivity contribution >= 4 is 27.7 Å². The highest BCUT2D eigenvalue weighted by molar-refractivity contribution is 7.89. The summed E-state index contributed by atoms with van der Waals surface area (Å²) in [5, 5.41) is 2.83. The monoisotopic (exact) mass is 486 g/mol. The van der Waals surface area contributed by atoms with Gasteiger partial charge in [-0.05, 0) is 49.1 Å². The Labute approximate surface area is 200 Å². The molecule has 0 unspecified atom stereocenters. The van der Waals surface area contributed by atoms with E-state index < -0.39 is 10.0 Å². The number of nitrogens with zero attached hydrogens (tertiary/aromatic N) is 3. The zero-order chi connectivity index (χ0) is 24.0. The van der Waals surface area contributed by atoms with E-state index >= 15 is 0 Å². The summed E-state index contributed by atoms with van der Waals surface area (Å²) >= 11 is 0. The number of rotatable bonds is 7. The van der Waals surface area contributed by atoms with Crippen molar-refractivity contribution < 1.29 is 22.7 Å². The molecule has 9 nitrogen and oxygen atoms in total. The van der Waals surface area contributed by atoms with Crippen LogP contribution in [-0.2, 0) is 30.8 Å². The third-order valence-electron chi connectivity index (χ3n) is 6.29. The van der Waals surface area contributed by atoms with Gasteiger partial charge >= 0.3 is 0 Å². The molecular formula is C24H30N4O5S. The second-order valence-electron chi connectivity index (χ2n) is 8.52. The fraction of sp³-hybridized carbons (Fsp3) is 0.458. The lowest BCUT2D eigenvalue weighted by atomic mass is 9.95. The van der Waals surface area contributed by atoms with Crippen LogP contribution in [-0.4, -0.2) is 73.8 Å². The average molecular weight is 487 g/mol. The van der Waals surface area contributed by atoms with E-state index in [9.17, 15) is 18.0 Å². The number of hydrogen-bond acceptors (Lipinski definition) is 6. The minimum atomic E-state index is -3.52. The Hall–Kier alpha value is -2.82. The lowest BCUT2D eigenvalue weighted by Crippen LogP contribution is -2.41. The molecule has 2 saturated heterocycles. The van der Waals surface area contributed by atoms with E-state index in [0.717, 1.165) is 5.56 Å². The molecule has 3 heterocycles. The first kappa shape index (κ1) is 24.3. The van der Waals surface area contributed by atoms with E-state index in [0.29, 0.717) is 70.9 Å². The molecule has 0 radical (unpaired) electrons. The molecule has 10 heteroatoms.